The fraction of sp³-hybridized carbons (Fsp3) is 0.800. The number of rotatable bonds is 3. The summed E-state index contributed by atoms with van der Waals surface area (Å²) < 4.78 is 22.7. The van der Waals surface area contributed by atoms with Crippen LogP contribution in [-0.4, -0.2) is 22.4 Å². The maximum Gasteiger partial charge on any atom is 0.339 e. The Morgan fingerprint density at radius 3 is 2.20 bits per heavy atom. The lowest BCUT2D eigenvalue weighted by molar-refractivity contribution is -0.143. The van der Waals surface area contributed by atoms with E-state index in [0.29, 0.717) is 0 Å². The van der Waals surface area contributed by atoms with Crippen LogP contribution >= 0.6 is 8.46 Å². The van der Waals surface area contributed by atoms with Gasteiger partial charge in [-0.2, -0.15) is 0 Å². The number of halogens is 1. The predicted octanol–water partition coefficient (Wildman–Crippen LogP) is 1.48. The largest absolute Gasteiger partial charge is 0.479 e. The van der Waals surface area contributed by atoms with Crippen molar-refractivity contribution in [1.29, 1.82) is 0 Å². The highest BCUT2D eigenvalue weighted by molar-refractivity contribution is 7.26. The first kappa shape index (κ1) is 9.50. The fourth-order valence-corrected chi connectivity index (χ4v) is 0.551. The lowest BCUT2D eigenvalue weighted by Gasteiger charge is -2.15. The molecule has 0 spiro atoms. The summed E-state index contributed by atoms with van der Waals surface area (Å²) in [4.78, 5) is 9.99. The average Bonchev–Trinajstić information content (AvgIpc) is 1.86. The van der Waals surface area contributed by atoms with Crippen LogP contribution in [0.4, 0.5) is 4.39 Å². The van der Waals surface area contributed by atoms with Crippen LogP contribution in [0.15, 0.2) is 0 Å². The summed E-state index contributed by atoms with van der Waals surface area (Å²) in [5.41, 5.74) is 0. The molecule has 0 aromatic rings. The minimum atomic E-state index is -2.08. The van der Waals surface area contributed by atoms with E-state index < -0.39 is 25.8 Å². The summed E-state index contributed by atoms with van der Waals surface area (Å²) in [5, 5.41) is 6.80. The van der Waals surface area contributed by atoms with Crippen LogP contribution in [0.25, 0.3) is 0 Å². The standard InChI is InChI=1S/C5H8FO3P/c1-5(2,10-9)3(6)4(7)8/h3H,1-2H3,(H,7,8). The monoisotopic (exact) mass is 166 g/mol. The fourth-order valence-electron chi connectivity index (χ4n) is 0.348. The van der Waals surface area contributed by atoms with Crippen molar-refractivity contribution in [2.24, 2.45) is 0 Å². The van der Waals surface area contributed by atoms with Gasteiger partial charge in [0.05, 0.1) is 5.16 Å². The predicted molar refractivity (Wildman–Crippen MR) is 34.2 cm³/mol. The Kier molecular flexibility index (Phi) is 2.91. The maximum atomic E-state index is 12.5. The van der Waals surface area contributed by atoms with Gasteiger partial charge in [0.2, 0.25) is 6.17 Å². The Bertz CT molecular complexity index is 157. The second-order valence-electron chi connectivity index (χ2n) is 2.45. The third-order valence-corrected chi connectivity index (χ3v) is 1.77. The van der Waals surface area contributed by atoms with Crippen molar-refractivity contribution in [3.8, 4) is 0 Å². The van der Waals surface area contributed by atoms with Crippen molar-refractivity contribution in [2.75, 3.05) is 0 Å². The molecule has 0 heterocycles. The van der Waals surface area contributed by atoms with E-state index >= 15 is 0 Å². The first-order valence-electron chi connectivity index (χ1n) is 2.63. The second kappa shape index (κ2) is 3.06. The topological polar surface area (TPSA) is 54.4 Å². The number of carboxylic acid groups (broad SMARTS) is 1. The lowest BCUT2D eigenvalue weighted by atomic mass is 10.1. The van der Waals surface area contributed by atoms with Crippen molar-refractivity contribution >= 4 is 14.4 Å². The van der Waals surface area contributed by atoms with Crippen LogP contribution in [0.3, 0.4) is 0 Å². The summed E-state index contributed by atoms with van der Waals surface area (Å²) in [6.45, 7) is 2.56. The van der Waals surface area contributed by atoms with Gasteiger partial charge in [0.15, 0.2) is 8.46 Å². The van der Waals surface area contributed by atoms with Crippen molar-refractivity contribution in [1.82, 2.24) is 0 Å². The highest BCUT2D eigenvalue weighted by Gasteiger charge is 2.36. The third-order valence-electron chi connectivity index (χ3n) is 1.07. The van der Waals surface area contributed by atoms with Gasteiger partial charge < -0.3 is 5.11 Å². The zero-order chi connectivity index (χ0) is 8.36. The van der Waals surface area contributed by atoms with Gasteiger partial charge in [0.25, 0.3) is 0 Å². The van der Waals surface area contributed by atoms with Gasteiger partial charge in [-0.25, -0.2) is 9.18 Å². The van der Waals surface area contributed by atoms with Crippen LogP contribution in [0, 0.1) is 0 Å². The normalized spacial score (nSPS) is 15.1. The number of aliphatic carboxylic acids is 1. The van der Waals surface area contributed by atoms with Crippen molar-refractivity contribution in [3.05, 3.63) is 0 Å². The Morgan fingerprint density at radius 2 is 2.10 bits per heavy atom. The molecule has 3 nitrogen and oxygen atoms in total. The van der Waals surface area contributed by atoms with E-state index in [9.17, 15) is 13.8 Å². The summed E-state index contributed by atoms with van der Waals surface area (Å²) >= 11 is 0. The molecule has 0 saturated heterocycles. The maximum absolute atomic E-state index is 12.5. The van der Waals surface area contributed by atoms with E-state index in [1.165, 1.54) is 13.8 Å². The molecule has 5 heteroatoms. The van der Waals surface area contributed by atoms with Gasteiger partial charge >= 0.3 is 5.97 Å². The average molecular weight is 166 g/mol. The molecule has 10 heavy (non-hydrogen) atoms. The molecule has 0 aliphatic carbocycles. The highest BCUT2D eigenvalue weighted by Crippen LogP contribution is 2.28. The molecule has 1 unspecified atom stereocenters. The molecule has 1 N–H and O–H groups in total. The van der Waals surface area contributed by atoms with Crippen molar-refractivity contribution in [2.45, 2.75) is 25.2 Å². The molecule has 0 aliphatic heterocycles. The minimum absolute atomic E-state index is 0.495. The Labute approximate surface area is 59.4 Å². The van der Waals surface area contributed by atoms with Gasteiger partial charge in [-0.15, -0.1) is 0 Å². The molecule has 0 aliphatic rings. The molecule has 0 bridgehead atoms. The van der Waals surface area contributed by atoms with E-state index in [2.05, 4.69) is 0 Å². The molecule has 1 atom stereocenters. The Morgan fingerprint density at radius 1 is 1.70 bits per heavy atom. The van der Waals surface area contributed by atoms with E-state index in [0.717, 1.165) is 0 Å². The van der Waals surface area contributed by atoms with Crippen molar-refractivity contribution < 1.29 is 18.9 Å². The van der Waals surface area contributed by atoms with E-state index in [-0.39, 0.29) is 0 Å². The zero-order valence-corrected chi connectivity index (χ0v) is 6.56. The number of carboxylic acids is 1. The first-order chi connectivity index (χ1) is 4.41. The van der Waals surface area contributed by atoms with Crippen LogP contribution in [-0.2, 0) is 9.36 Å². The van der Waals surface area contributed by atoms with E-state index in [1.54, 1.807) is 0 Å². The van der Waals surface area contributed by atoms with E-state index in [1.807, 2.05) is 0 Å². The van der Waals surface area contributed by atoms with Crippen LogP contribution < -0.4 is 0 Å². The Balaban J connectivity index is 4.31. The molecule has 0 aromatic heterocycles. The molecule has 0 saturated carbocycles. The molecule has 0 amide bonds. The molecular formula is C5H8FO3P. The number of hydrogen-bond donors (Lipinski definition) is 1. The second-order valence-corrected chi connectivity index (χ2v) is 3.78. The molecule has 0 radical (unpaired) electrons. The van der Waals surface area contributed by atoms with Gasteiger partial charge in [0, 0.05) is 0 Å². The molecule has 0 aromatic carbocycles. The van der Waals surface area contributed by atoms with Gasteiger partial charge in [-0.3, -0.25) is 4.57 Å². The number of alkyl halides is 1. The van der Waals surface area contributed by atoms with Crippen LogP contribution in [0.1, 0.15) is 13.8 Å². The molecule has 0 fully saturated rings. The third kappa shape index (κ3) is 2.03. The highest BCUT2D eigenvalue weighted by atomic mass is 31.1. The quantitative estimate of drug-likeness (QED) is 0.646. The number of carbonyl (C=O) groups is 1. The van der Waals surface area contributed by atoms with Crippen LogP contribution in [0.5, 0.6) is 0 Å². The van der Waals surface area contributed by atoms with Gasteiger partial charge in [-0.1, -0.05) is 0 Å². The van der Waals surface area contributed by atoms with Crippen LogP contribution in [0.2, 0.25) is 0 Å². The summed E-state index contributed by atoms with van der Waals surface area (Å²) in [6.07, 6.45) is -2.08. The van der Waals surface area contributed by atoms with Gasteiger partial charge in [-0.05, 0) is 13.8 Å². The van der Waals surface area contributed by atoms with Gasteiger partial charge in [0.1, 0.15) is 0 Å². The first-order valence-corrected chi connectivity index (χ1v) is 3.44. The SMILES string of the molecule is CC(C)(P=O)C(F)C(=O)O. The van der Waals surface area contributed by atoms with E-state index in [4.69, 9.17) is 5.11 Å². The lowest BCUT2D eigenvalue weighted by Crippen LogP contribution is -2.33. The zero-order valence-electron chi connectivity index (χ0n) is 5.67. The molecule has 0 rings (SSSR count). The smallest absolute Gasteiger partial charge is 0.339 e. The summed E-state index contributed by atoms with van der Waals surface area (Å²) in [5.74, 6) is -1.58. The molecular weight excluding hydrogens is 158 g/mol. The molecule has 58 valence electrons. The van der Waals surface area contributed by atoms with Crippen molar-refractivity contribution in [3.63, 3.8) is 0 Å². The number of hydrogen-bond acceptors (Lipinski definition) is 2. The Hall–Kier alpha value is -0.500. The minimum Gasteiger partial charge on any atom is -0.479 e. The summed E-state index contributed by atoms with van der Waals surface area (Å²) in [7, 11) is -0.495. The summed E-state index contributed by atoms with van der Waals surface area (Å²) in [6, 6.07) is 0.